The van der Waals surface area contributed by atoms with Gasteiger partial charge in [-0.2, -0.15) is 0 Å². The van der Waals surface area contributed by atoms with E-state index in [9.17, 15) is 0 Å². The van der Waals surface area contributed by atoms with Crippen molar-refractivity contribution < 1.29 is 0 Å². The summed E-state index contributed by atoms with van der Waals surface area (Å²) >= 11 is 0. The van der Waals surface area contributed by atoms with Crippen LogP contribution >= 0.6 is 0 Å². The van der Waals surface area contributed by atoms with Crippen molar-refractivity contribution in [2.24, 2.45) is 0 Å². The van der Waals surface area contributed by atoms with Gasteiger partial charge in [-0.15, -0.1) is 0 Å². The van der Waals surface area contributed by atoms with Gasteiger partial charge in [0.05, 0.1) is 0 Å². The van der Waals surface area contributed by atoms with Crippen molar-refractivity contribution in [2.75, 3.05) is 0 Å². The zero-order valence-electron chi connectivity index (χ0n) is 30.6. The fraction of sp³-hybridized carbons (Fsp3) is 0.0577. The van der Waals surface area contributed by atoms with Crippen molar-refractivity contribution in [1.82, 2.24) is 15.0 Å². The molecule has 1 aliphatic carbocycles. The molecule has 9 aromatic carbocycles. The molecule has 11 rings (SSSR count). The van der Waals surface area contributed by atoms with Crippen LogP contribution in [0.2, 0.25) is 0 Å². The minimum atomic E-state index is -0.0561. The van der Waals surface area contributed by atoms with Crippen molar-refractivity contribution in [3.63, 3.8) is 0 Å². The Morgan fingerprint density at radius 2 is 0.745 bits per heavy atom. The summed E-state index contributed by atoms with van der Waals surface area (Å²) in [5, 5.41) is 9.33. The Morgan fingerprint density at radius 3 is 1.35 bits per heavy atom. The third-order valence-corrected chi connectivity index (χ3v) is 11.7. The molecule has 0 aliphatic heterocycles. The molecule has 0 spiro atoms. The lowest BCUT2D eigenvalue weighted by Crippen LogP contribution is -2.14. The van der Waals surface area contributed by atoms with Crippen LogP contribution in [-0.2, 0) is 5.41 Å². The summed E-state index contributed by atoms with van der Waals surface area (Å²) < 4.78 is 0. The Hall–Kier alpha value is -6.97. The topological polar surface area (TPSA) is 38.7 Å². The Morgan fingerprint density at radius 1 is 0.309 bits per heavy atom. The fourth-order valence-electron chi connectivity index (χ4n) is 8.92. The first-order valence-corrected chi connectivity index (χ1v) is 18.9. The lowest BCUT2D eigenvalue weighted by atomic mass is 9.81. The van der Waals surface area contributed by atoms with Gasteiger partial charge in [0.1, 0.15) is 0 Å². The highest BCUT2D eigenvalue weighted by atomic mass is 15.0. The maximum atomic E-state index is 5.32. The molecule has 0 bridgehead atoms. The van der Waals surface area contributed by atoms with E-state index >= 15 is 0 Å². The first-order chi connectivity index (χ1) is 27.0. The van der Waals surface area contributed by atoms with Crippen molar-refractivity contribution in [1.29, 1.82) is 0 Å². The van der Waals surface area contributed by atoms with Crippen LogP contribution in [0.5, 0.6) is 0 Å². The van der Waals surface area contributed by atoms with E-state index in [1.54, 1.807) is 0 Å². The van der Waals surface area contributed by atoms with Gasteiger partial charge in [0.2, 0.25) is 0 Å². The molecule has 0 saturated carbocycles. The van der Waals surface area contributed by atoms with Crippen LogP contribution in [0.4, 0.5) is 0 Å². The van der Waals surface area contributed by atoms with E-state index in [4.69, 9.17) is 15.0 Å². The van der Waals surface area contributed by atoms with Gasteiger partial charge in [-0.1, -0.05) is 172 Å². The second kappa shape index (κ2) is 12.0. The first-order valence-electron chi connectivity index (χ1n) is 18.9. The van der Waals surface area contributed by atoms with Gasteiger partial charge in [0, 0.05) is 22.1 Å². The van der Waals surface area contributed by atoms with E-state index in [1.165, 1.54) is 49.4 Å². The molecule has 0 amide bonds. The minimum absolute atomic E-state index is 0.0561. The predicted molar refractivity (Wildman–Crippen MR) is 229 cm³/mol. The van der Waals surface area contributed by atoms with Crippen LogP contribution in [0.1, 0.15) is 25.0 Å². The average Bonchev–Trinajstić information content (AvgIpc) is 3.48. The molecule has 1 aromatic heterocycles. The molecule has 1 aliphatic rings. The second-order valence-electron chi connectivity index (χ2n) is 15.2. The number of hydrogen-bond donors (Lipinski definition) is 0. The summed E-state index contributed by atoms with van der Waals surface area (Å²) in [5.74, 6) is 1.96. The molecule has 0 saturated heterocycles. The molecule has 3 heteroatoms. The molecule has 55 heavy (non-hydrogen) atoms. The van der Waals surface area contributed by atoms with Crippen LogP contribution < -0.4 is 0 Å². The number of hydrogen-bond acceptors (Lipinski definition) is 3. The molecule has 0 N–H and O–H groups in total. The van der Waals surface area contributed by atoms with Gasteiger partial charge in [-0.3, -0.25) is 0 Å². The maximum Gasteiger partial charge on any atom is 0.164 e. The van der Waals surface area contributed by atoms with E-state index in [0.29, 0.717) is 17.5 Å². The molecular formula is C52H35N3. The van der Waals surface area contributed by atoms with Gasteiger partial charge in [-0.25, -0.2) is 15.0 Å². The Bertz CT molecular complexity index is 3040. The normalized spacial score (nSPS) is 13.1. The molecule has 0 radical (unpaired) electrons. The lowest BCUT2D eigenvalue weighted by Gasteiger charge is -2.22. The van der Waals surface area contributed by atoms with E-state index in [-0.39, 0.29) is 5.41 Å². The number of rotatable bonds is 4. The van der Waals surface area contributed by atoms with Gasteiger partial charge in [0.15, 0.2) is 17.5 Å². The van der Waals surface area contributed by atoms with Gasteiger partial charge >= 0.3 is 0 Å². The summed E-state index contributed by atoms with van der Waals surface area (Å²) in [4.78, 5) is 15.9. The fourth-order valence-corrected chi connectivity index (χ4v) is 8.92. The van der Waals surface area contributed by atoms with E-state index in [0.717, 1.165) is 43.8 Å². The SMILES string of the molecule is CC1(C)c2ccccc2-c2ccc(-c3ccc(-c4nc(-c5cc6ccccc6c6ccccc56)nc(-c5cc6ccccc6c6ccccc56)n4)cc3)cc21. The standard InChI is InChI=1S/C52H35N3/c1-52(2)47-22-12-11-21-43(47)44-28-27-34(31-48(44)52)32-23-25-33(26-24-32)49-53-50(45-29-35-13-3-5-15-37(35)39-17-7-9-19-41(39)45)55-51(54-49)46-30-36-14-4-6-16-38(36)40-18-8-10-20-42(40)46/h3-31H,1-2H3. The van der Waals surface area contributed by atoms with Crippen LogP contribution in [-0.4, -0.2) is 15.0 Å². The lowest BCUT2D eigenvalue weighted by molar-refractivity contribution is 0.660. The third kappa shape index (κ3) is 4.93. The Kier molecular flexibility index (Phi) is 6.90. The minimum Gasteiger partial charge on any atom is -0.208 e. The zero-order valence-corrected chi connectivity index (χ0v) is 30.6. The maximum absolute atomic E-state index is 5.32. The molecule has 3 nitrogen and oxygen atoms in total. The molecule has 0 fully saturated rings. The quantitative estimate of drug-likeness (QED) is 0.171. The largest absolute Gasteiger partial charge is 0.208 e. The average molecular weight is 702 g/mol. The molecule has 0 unspecified atom stereocenters. The monoisotopic (exact) mass is 701 g/mol. The predicted octanol–water partition coefficient (Wildman–Crippen LogP) is 13.5. The van der Waals surface area contributed by atoms with E-state index in [1.807, 2.05) is 0 Å². The number of aromatic nitrogens is 3. The number of fused-ring (bicyclic) bond motifs is 9. The highest BCUT2D eigenvalue weighted by Gasteiger charge is 2.35. The van der Waals surface area contributed by atoms with Crippen LogP contribution in [0, 0.1) is 0 Å². The first kappa shape index (κ1) is 31.5. The smallest absolute Gasteiger partial charge is 0.164 e. The molecule has 10 aromatic rings. The highest BCUT2D eigenvalue weighted by molar-refractivity contribution is 6.14. The summed E-state index contributed by atoms with van der Waals surface area (Å²) in [7, 11) is 0. The number of benzene rings is 9. The Balaban J connectivity index is 1.10. The second-order valence-corrected chi connectivity index (χ2v) is 15.2. The van der Waals surface area contributed by atoms with Gasteiger partial charge < -0.3 is 0 Å². The summed E-state index contributed by atoms with van der Waals surface area (Å²) in [6.07, 6.45) is 0. The Labute approximate surface area is 319 Å². The van der Waals surface area contributed by atoms with Crippen molar-refractivity contribution in [3.05, 3.63) is 187 Å². The van der Waals surface area contributed by atoms with Crippen LogP contribution in [0.25, 0.3) is 99.5 Å². The zero-order chi connectivity index (χ0) is 36.7. The molecule has 1 heterocycles. The molecular weight excluding hydrogens is 667 g/mol. The van der Waals surface area contributed by atoms with Crippen LogP contribution in [0.3, 0.4) is 0 Å². The van der Waals surface area contributed by atoms with Crippen LogP contribution in [0.15, 0.2) is 176 Å². The van der Waals surface area contributed by atoms with E-state index in [2.05, 4.69) is 190 Å². The van der Waals surface area contributed by atoms with Crippen molar-refractivity contribution in [2.45, 2.75) is 19.3 Å². The third-order valence-electron chi connectivity index (χ3n) is 11.7. The highest BCUT2D eigenvalue weighted by Crippen LogP contribution is 2.49. The van der Waals surface area contributed by atoms with Gasteiger partial charge in [0.25, 0.3) is 0 Å². The number of nitrogens with zero attached hydrogens (tertiary/aromatic N) is 3. The van der Waals surface area contributed by atoms with Crippen molar-refractivity contribution in [3.8, 4) is 56.4 Å². The summed E-state index contributed by atoms with van der Waals surface area (Å²) in [6.45, 7) is 4.66. The summed E-state index contributed by atoms with van der Waals surface area (Å²) in [5.41, 5.74) is 10.6. The molecule has 0 atom stereocenters. The molecule has 258 valence electrons. The van der Waals surface area contributed by atoms with Gasteiger partial charge in [-0.05, 0) is 94.7 Å². The summed E-state index contributed by atoms with van der Waals surface area (Å²) in [6, 6.07) is 63.1. The van der Waals surface area contributed by atoms with Crippen molar-refractivity contribution >= 4 is 43.1 Å². The van der Waals surface area contributed by atoms with E-state index < -0.39 is 0 Å².